The Morgan fingerprint density at radius 2 is 1.65 bits per heavy atom. The molecule has 0 saturated heterocycles. The van der Waals surface area contributed by atoms with Gasteiger partial charge in [0.2, 0.25) is 0 Å². The lowest BCUT2D eigenvalue weighted by Crippen LogP contribution is -2.18. The van der Waals surface area contributed by atoms with Gasteiger partial charge in [-0.1, -0.05) is 37.6 Å². The van der Waals surface area contributed by atoms with E-state index >= 15 is 0 Å². The van der Waals surface area contributed by atoms with E-state index in [1.165, 1.54) is 0 Å². The van der Waals surface area contributed by atoms with Gasteiger partial charge in [0.15, 0.2) is 4.90 Å². The van der Waals surface area contributed by atoms with Gasteiger partial charge in [-0.25, -0.2) is 17.2 Å². The number of halogens is 3. The number of aryl methyl sites for hydroxylation is 1. The number of hydrogen-bond donors (Lipinski definition) is 1. The summed E-state index contributed by atoms with van der Waals surface area (Å²) in [7, 11) is -4.42. The van der Waals surface area contributed by atoms with Crippen molar-refractivity contribution < 1.29 is 17.2 Å². The Kier molecular flexibility index (Phi) is 5.26. The van der Waals surface area contributed by atoms with Gasteiger partial charge in [0.05, 0.1) is 5.69 Å². The van der Waals surface area contributed by atoms with Crippen LogP contribution < -0.4 is 4.72 Å². The van der Waals surface area contributed by atoms with Gasteiger partial charge in [0.1, 0.15) is 11.6 Å². The SMILES string of the molecule is CCc1ccc(Cl)c(CC)c1NS(=O)(=O)c1c(F)cccc1F. The zero-order valence-electron chi connectivity index (χ0n) is 12.7. The van der Waals surface area contributed by atoms with Crippen LogP contribution in [0.3, 0.4) is 0 Å². The molecule has 0 fully saturated rings. The first-order valence-electron chi connectivity index (χ1n) is 7.08. The minimum Gasteiger partial charge on any atom is -0.279 e. The topological polar surface area (TPSA) is 46.2 Å². The highest BCUT2D eigenvalue weighted by atomic mass is 35.5. The molecule has 124 valence electrons. The fourth-order valence-corrected chi connectivity index (χ4v) is 3.93. The maximum Gasteiger partial charge on any atom is 0.267 e. The monoisotopic (exact) mass is 359 g/mol. The van der Waals surface area contributed by atoms with E-state index in [1.54, 1.807) is 12.1 Å². The normalized spacial score (nSPS) is 11.5. The van der Waals surface area contributed by atoms with Crippen LogP contribution in [0.25, 0.3) is 0 Å². The summed E-state index contributed by atoms with van der Waals surface area (Å²) in [6.45, 7) is 3.67. The molecule has 0 heterocycles. The summed E-state index contributed by atoms with van der Waals surface area (Å²) in [5, 5.41) is 0.399. The van der Waals surface area contributed by atoms with Crippen molar-refractivity contribution in [3.8, 4) is 0 Å². The number of rotatable bonds is 5. The molecule has 23 heavy (non-hydrogen) atoms. The quantitative estimate of drug-likeness (QED) is 0.851. The third-order valence-corrected chi connectivity index (χ3v) is 5.25. The molecule has 3 nitrogen and oxygen atoms in total. The summed E-state index contributed by atoms with van der Waals surface area (Å²) in [6, 6.07) is 6.28. The third kappa shape index (κ3) is 3.48. The van der Waals surface area contributed by atoms with Crippen molar-refractivity contribution >= 4 is 27.3 Å². The predicted octanol–water partition coefficient (Wildman–Crippen LogP) is 4.54. The Morgan fingerprint density at radius 3 is 2.17 bits per heavy atom. The Balaban J connectivity index is 2.60. The van der Waals surface area contributed by atoms with Crippen LogP contribution in [0.5, 0.6) is 0 Å². The van der Waals surface area contributed by atoms with E-state index in [0.717, 1.165) is 18.2 Å². The van der Waals surface area contributed by atoms with E-state index in [0.29, 0.717) is 29.0 Å². The highest BCUT2D eigenvalue weighted by Gasteiger charge is 2.26. The second-order valence-corrected chi connectivity index (χ2v) is 6.95. The Bertz CT molecular complexity index is 818. The summed E-state index contributed by atoms with van der Waals surface area (Å²) in [6.07, 6.45) is 1.02. The van der Waals surface area contributed by atoms with Crippen molar-refractivity contribution in [1.29, 1.82) is 0 Å². The van der Waals surface area contributed by atoms with Gasteiger partial charge in [-0.2, -0.15) is 0 Å². The maximum absolute atomic E-state index is 13.8. The van der Waals surface area contributed by atoms with Crippen molar-refractivity contribution in [3.05, 3.63) is 58.1 Å². The smallest absolute Gasteiger partial charge is 0.267 e. The van der Waals surface area contributed by atoms with Gasteiger partial charge in [-0.3, -0.25) is 4.72 Å². The molecule has 2 aromatic rings. The minimum absolute atomic E-state index is 0.283. The van der Waals surface area contributed by atoms with Crippen molar-refractivity contribution in [1.82, 2.24) is 0 Å². The predicted molar refractivity (Wildman–Crippen MR) is 87.4 cm³/mol. The van der Waals surface area contributed by atoms with E-state index in [-0.39, 0.29) is 5.69 Å². The third-order valence-electron chi connectivity index (χ3n) is 3.50. The van der Waals surface area contributed by atoms with Crippen LogP contribution >= 0.6 is 11.6 Å². The van der Waals surface area contributed by atoms with Crippen molar-refractivity contribution in [2.75, 3.05) is 4.72 Å². The molecule has 0 aliphatic rings. The molecule has 7 heteroatoms. The second kappa shape index (κ2) is 6.84. The molecular formula is C16H16ClF2NO2S. The Hall–Kier alpha value is -1.66. The van der Waals surface area contributed by atoms with Gasteiger partial charge >= 0.3 is 0 Å². The van der Waals surface area contributed by atoms with E-state index in [2.05, 4.69) is 4.72 Å². The summed E-state index contributed by atoms with van der Waals surface area (Å²) >= 11 is 6.11. The summed E-state index contributed by atoms with van der Waals surface area (Å²) in [4.78, 5) is -0.996. The average molecular weight is 360 g/mol. The molecule has 0 radical (unpaired) electrons. The van der Waals surface area contributed by atoms with Gasteiger partial charge < -0.3 is 0 Å². The van der Waals surface area contributed by atoms with Crippen LogP contribution in [-0.2, 0) is 22.9 Å². The van der Waals surface area contributed by atoms with Gasteiger partial charge in [-0.05, 0) is 42.2 Å². The molecule has 0 unspecified atom stereocenters. The molecule has 1 N–H and O–H groups in total. The molecule has 0 aliphatic carbocycles. The maximum atomic E-state index is 13.8. The van der Waals surface area contributed by atoms with Crippen molar-refractivity contribution in [2.24, 2.45) is 0 Å². The highest BCUT2D eigenvalue weighted by molar-refractivity contribution is 7.92. The molecule has 0 spiro atoms. The lowest BCUT2D eigenvalue weighted by atomic mass is 10.0. The van der Waals surface area contributed by atoms with Crippen molar-refractivity contribution in [2.45, 2.75) is 31.6 Å². The largest absolute Gasteiger partial charge is 0.279 e. The first-order chi connectivity index (χ1) is 10.8. The number of sulfonamides is 1. The first-order valence-corrected chi connectivity index (χ1v) is 8.95. The zero-order chi connectivity index (χ0) is 17.2. The number of benzene rings is 2. The standard InChI is InChI=1S/C16H16ClF2NO2S/c1-3-10-8-9-12(17)11(4-2)15(10)20-23(21,22)16-13(18)6-5-7-14(16)19/h5-9,20H,3-4H2,1-2H3. The molecule has 0 amide bonds. The molecule has 0 atom stereocenters. The fraction of sp³-hybridized carbons (Fsp3) is 0.250. The molecule has 0 saturated carbocycles. The summed E-state index contributed by atoms with van der Waals surface area (Å²) in [5.41, 5.74) is 1.57. The van der Waals surface area contributed by atoms with E-state index in [4.69, 9.17) is 11.6 Å². The molecular weight excluding hydrogens is 344 g/mol. The fourth-order valence-electron chi connectivity index (χ4n) is 2.36. The second-order valence-electron chi connectivity index (χ2n) is 4.92. The Morgan fingerprint density at radius 1 is 1.04 bits per heavy atom. The lowest BCUT2D eigenvalue weighted by Gasteiger charge is -2.17. The molecule has 2 aromatic carbocycles. The molecule has 0 aliphatic heterocycles. The first kappa shape index (κ1) is 17.7. The van der Waals surface area contributed by atoms with E-state index in [9.17, 15) is 17.2 Å². The van der Waals surface area contributed by atoms with Gasteiger partial charge in [0, 0.05) is 5.02 Å². The van der Waals surface area contributed by atoms with E-state index in [1.807, 2.05) is 13.8 Å². The zero-order valence-corrected chi connectivity index (χ0v) is 14.2. The lowest BCUT2D eigenvalue weighted by molar-refractivity contribution is 0.521. The number of hydrogen-bond acceptors (Lipinski definition) is 2. The van der Waals surface area contributed by atoms with Crippen LogP contribution in [0.2, 0.25) is 5.02 Å². The summed E-state index contributed by atoms with van der Waals surface area (Å²) < 4.78 is 54.8. The molecule has 0 bridgehead atoms. The Labute approximate surface area is 139 Å². The number of nitrogens with one attached hydrogen (secondary N) is 1. The van der Waals surface area contributed by atoms with Crippen LogP contribution in [-0.4, -0.2) is 8.42 Å². The number of anilines is 1. The highest BCUT2D eigenvalue weighted by Crippen LogP contribution is 2.32. The van der Waals surface area contributed by atoms with Crippen LogP contribution in [0.1, 0.15) is 25.0 Å². The van der Waals surface area contributed by atoms with Crippen LogP contribution in [0.4, 0.5) is 14.5 Å². The molecule has 0 aromatic heterocycles. The van der Waals surface area contributed by atoms with E-state index < -0.39 is 26.6 Å². The molecule has 2 rings (SSSR count). The average Bonchev–Trinajstić information content (AvgIpc) is 2.47. The van der Waals surface area contributed by atoms with Crippen LogP contribution in [0.15, 0.2) is 35.2 Å². The minimum atomic E-state index is -4.42. The van der Waals surface area contributed by atoms with Gasteiger partial charge in [0.25, 0.3) is 10.0 Å². The van der Waals surface area contributed by atoms with Crippen LogP contribution in [0, 0.1) is 11.6 Å². The van der Waals surface area contributed by atoms with Gasteiger partial charge in [-0.15, -0.1) is 0 Å². The summed E-state index contributed by atoms with van der Waals surface area (Å²) in [5.74, 6) is -2.29. The van der Waals surface area contributed by atoms with Crippen molar-refractivity contribution in [3.63, 3.8) is 0 Å².